The highest BCUT2D eigenvalue weighted by Gasteiger charge is 2.16. The molecule has 1 N–H and O–H groups in total. The van der Waals surface area contributed by atoms with E-state index in [1.54, 1.807) is 0 Å². The van der Waals surface area contributed by atoms with E-state index in [-0.39, 0.29) is 11.1 Å². The molecule has 0 radical (unpaired) electrons. The number of hydrogen-bond acceptors (Lipinski definition) is 1. The van der Waals surface area contributed by atoms with Crippen molar-refractivity contribution < 1.29 is 18.3 Å². The zero-order valence-electron chi connectivity index (χ0n) is 8.70. The lowest BCUT2D eigenvalue weighted by molar-refractivity contribution is 0.214. The van der Waals surface area contributed by atoms with E-state index in [2.05, 4.69) is 0 Å². The molecule has 0 saturated carbocycles. The highest BCUT2D eigenvalue weighted by atomic mass is 19.1. The van der Waals surface area contributed by atoms with Gasteiger partial charge in [0.1, 0.15) is 23.6 Å². The molecule has 0 aliphatic heterocycles. The van der Waals surface area contributed by atoms with Gasteiger partial charge < -0.3 is 5.11 Å². The van der Waals surface area contributed by atoms with Gasteiger partial charge >= 0.3 is 0 Å². The molecule has 0 heterocycles. The minimum atomic E-state index is -1.39. The second-order valence-electron chi connectivity index (χ2n) is 3.63. The van der Waals surface area contributed by atoms with E-state index in [9.17, 15) is 18.3 Å². The highest BCUT2D eigenvalue weighted by Crippen LogP contribution is 2.25. The molecule has 4 heteroatoms. The fraction of sp³-hybridized carbons (Fsp3) is 0.0769. The van der Waals surface area contributed by atoms with Gasteiger partial charge in [0.2, 0.25) is 0 Å². The van der Waals surface area contributed by atoms with Crippen LogP contribution in [0.4, 0.5) is 13.2 Å². The minimum absolute atomic E-state index is 0.0162. The number of rotatable bonds is 2. The minimum Gasteiger partial charge on any atom is -0.384 e. The first kappa shape index (κ1) is 11.7. The van der Waals surface area contributed by atoms with Crippen LogP contribution in [0.2, 0.25) is 0 Å². The largest absolute Gasteiger partial charge is 0.384 e. The van der Waals surface area contributed by atoms with Crippen molar-refractivity contribution in [2.75, 3.05) is 0 Å². The Hall–Kier alpha value is -1.81. The summed E-state index contributed by atoms with van der Waals surface area (Å²) in [7, 11) is 0. The van der Waals surface area contributed by atoms with E-state index in [0.717, 1.165) is 12.1 Å². The van der Waals surface area contributed by atoms with Gasteiger partial charge in [-0.05, 0) is 23.8 Å². The van der Waals surface area contributed by atoms with Crippen molar-refractivity contribution in [2.45, 2.75) is 6.10 Å². The molecular formula is C13H9F3O. The van der Waals surface area contributed by atoms with Crippen molar-refractivity contribution in [2.24, 2.45) is 0 Å². The topological polar surface area (TPSA) is 20.2 Å². The molecule has 0 aliphatic carbocycles. The number of benzene rings is 2. The molecule has 0 aliphatic rings. The van der Waals surface area contributed by atoms with E-state index >= 15 is 0 Å². The Balaban J connectivity index is 2.43. The number of hydrogen-bond donors (Lipinski definition) is 1. The van der Waals surface area contributed by atoms with Gasteiger partial charge in [0, 0.05) is 11.6 Å². The Morgan fingerprint density at radius 3 is 2.06 bits per heavy atom. The third kappa shape index (κ3) is 2.47. The fourth-order valence-corrected chi connectivity index (χ4v) is 1.61. The Kier molecular flexibility index (Phi) is 3.15. The summed E-state index contributed by atoms with van der Waals surface area (Å²) in [6, 6.07) is 8.18. The summed E-state index contributed by atoms with van der Waals surface area (Å²) in [5.74, 6) is -2.24. The summed E-state index contributed by atoms with van der Waals surface area (Å²) < 4.78 is 39.3. The number of aliphatic hydroxyl groups excluding tert-OH is 1. The predicted molar refractivity (Wildman–Crippen MR) is 56.8 cm³/mol. The van der Waals surface area contributed by atoms with E-state index in [1.807, 2.05) is 0 Å². The first-order valence-corrected chi connectivity index (χ1v) is 4.96. The van der Waals surface area contributed by atoms with Crippen LogP contribution in [-0.4, -0.2) is 5.11 Å². The summed E-state index contributed by atoms with van der Waals surface area (Å²) in [6.45, 7) is 0. The first-order valence-electron chi connectivity index (χ1n) is 4.96. The van der Waals surface area contributed by atoms with Crippen molar-refractivity contribution in [3.8, 4) is 0 Å². The Labute approximate surface area is 96.1 Å². The van der Waals surface area contributed by atoms with E-state index in [4.69, 9.17) is 0 Å². The lowest BCUT2D eigenvalue weighted by Gasteiger charge is -2.12. The van der Waals surface area contributed by atoms with Gasteiger partial charge in [-0.15, -0.1) is 0 Å². The van der Waals surface area contributed by atoms with Crippen LogP contribution in [-0.2, 0) is 0 Å². The van der Waals surface area contributed by atoms with E-state index < -0.39 is 23.6 Å². The van der Waals surface area contributed by atoms with Gasteiger partial charge in [-0.2, -0.15) is 0 Å². The third-order valence-corrected chi connectivity index (χ3v) is 2.40. The van der Waals surface area contributed by atoms with Crippen LogP contribution < -0.4 is 0 Å². The van der Waals surface area contributed by atoms with Crippen molar-refractivity contribution in [3.63, 3.8) is 0 Å². The predicted octanol–water partition coefficient (Wildman–Crippen LogP) is 3.19. The molecule has 0 aromatic heterocycles. The summed E-state index contributed by atoms with van der Waals surface area (Å²) in [6.07, 6.45) is -1.39. The smallest absolute Gasteiger partial charge is 0.129 e. The molecular weight excluding hydrogens is 229 g/mol. The molecule has 0 saturated heterocycles. The van der Waals surface area contributed by atoms with Crippen LogP contribution in [0.1, 0.15) is 17.2 Å². The van der Waals surface area contributed by atoms with E-state index in [0.29, 0.717) is 6.07 Å². The number of aliphatic hydroxyl groups is 1. The van der Waals surface area contributed by atoms with Crippen LogP contribution >= 0.6 is 0 Å². The van der Waals surface area contributed by atoms with Crippen LogP contribution in [0, 0.1) is 17.5 Å². The standard InChI is InChI=1S/C13H9F3O/c14-9-5-8(6-10(15)7-9)13(17)11-3-1-2-4-12(11)16/h1-7,13,17H. The van der Waals surface area contributed by atoms with Crippen LogP contribution in [0.25, 0.3) is 0 Å². The molecule has 2 rings (SSSR count). The summed E-state index contributed by atoms with van der Waals surface area (Å²) in [5, 5.41) is 9.85. The molecule has 17 heavy (non-hydrogen) atoms. The molecule has 1 unspecified atom stereocenters. The molecule has 0 amide bonds. The summed E-state index contributed by atoms with van der Waals surface area (Å²) in [5.41, 5.74) is -0.0369. The van der Waals surface area contributed by atoms with Crippen molar-refractivity contribution in [1.29, 1.82) is 0 Å². The molecule has 0 spiro atoms. The second-order valence-corrected chi connectivity index (χ2v) is 3.63. The third-order valence-electron chi connectivity index (χ3n) is 2.40. The maximum Gasteiger partial charge on any atom is 0.129 e. The fourth-order valence-electron chi connectivity index (χ4n) is 1.61. The highest BCUT2D eigenvalue weighted by molar-refractivity contribution is 5.31. The second kappa shape index (κ2) is 4.59. The normalized spacial score (nSPS) is 12.5. The number of halogens is 3. The van der Waals surface area contributed by atoms with Gasteiger partial charge in [-0.25, -0.2) is 13.2 Å². The monoisotopic (exact) mass is 238 g/mol. The average molecular weight is 238 g/mol. The van der Waals surface area contributed by atoms with Crippen molar-refractivity contribution in [1.82, 2.24) is 0 Å². The van der Waals surface area contributed by atoms with Crippen molar-refractivity contribution >= 4 is 0 Å². The van der Waals surface area contributed by atoms with Gasteiger partial charge in [-0.3, -0.25) is 0 Å². The zero-order chi connectivity index (χ0) is 12.4. The van der Waals surface area contributed by atoms with Gasteiger partial charge in [0.05, 0.1) is 0 Å². The SMILES string of the molecule is OC(c1cc(F)cc(F)c1)c1ccccc1F. The molecule has 88 valence electrons. The maximum absolute atomic E-state index is 13.4. The van der Waals surface area contributed by atoms with Gasteiger partial charge in [-0.1, -0.05) is 18.2 Å². The van der Waals surface area contributed by atoms with Crippen LogP contribution in [0.3, 0.4) is 0 Å². The molecule has 1 nitrogen and oxygen atoms in total. The Morgan fingerprint density at radius 1 is 0.882 bits per heavy atom. The lowest BCUT2D eigenvalue weighted by Crippen LogP contribution is -2.03. The molecule has 2 aromatic carbocycles. The molecule has 1 atom stereocenters. The molecule has 2 aromatic rings. The van der Waals surface area contributed by atoms with Crippen molar-refractivity contribution in [3.05, 3.63) is 71.0 Å². The average Bonchev–Trinajstić information content (AvgIpc) is 2.27. The molecule has 0 fully saturated rings. The summed E-state index contributed by atoms with van der Waals surface area (Å²) in [4.78, 5) is 0. The van der Waals surface area contributed by atoms with Crippen LogP contribution in [0.5, 0.6) is 0 Å². The first-order chi connectivity index (χ1) is 8.08. The lowest BCUT2D eigenvalue weighted by atomic mass is 10.0. The Bertz CT molecular complexity index is 520. The van der Waals surface area contributed by atoms with Gasteiger partial charge in [0.25, 0.3) is 0 Å². The van der Waals surface area contributed by atoms with E-state index in [1.165, 1.54) is 24.3 Å². The zero-order valence-corrected chi connectivity index (χ0v) is 8.70. The van der Waals surface area contributed by atoms with Gasteiger partial charge in [0.15, 0.2) is 0 Å². The quantitative estimate of drug-likeness (QED) is 0.851. The maximum atomic E-state index is 13.4. The van der Waals surface area contributed by atoms with Crippen LogP contribution in [0.15, 0.2) is 42.5 Å². The molecule has 0 bridgehead atoms. The Morgan fingerprint density at radius 2 is 1.47 bits per heavy atom. The summed E-state index contributed by atoms with van der Waals surface area (Å²) >= 11 is 0.